The van der Waals surface area contributed by atoms with Crippen LogP contribution in [0.5, 0.6) is 0 Å². The Bertz CT molecular complexity index is 352. The Morgan fingerprint density at radius 3 is 2.88 bits per heavy atom. The van der Waals surface area contributed by atoms with Gasteiger partial charge in [-0.15, -0.1) is 0 Å². The van der Waals surface area contributed by atoms with Gasteiger partial charge in [0, 0.05) is 26.2 Å². The molecule has 1 aromatic rings. The van der Waals surface area contributed by atoms with Crippen LogP contribution in [0.3, 0.4) is 0 Å². The molecule has 2 atom stereocenters. The van der Waals surface area contributed by atoms with Crippen molar-refractivity contribution >= 4 is 5.69 Å². The van der Waals surface area contributed by atoms with E-state index in [0.29, 0.717) is 12.1 Å². The van der Waals surface area contributed by atoms with Gasteiger partial charge in [0.2, 0.25) is 0 Å². The van der Waals surface area contributed by atoms with Gasteiger partial charge in [0.25, 0.3) is 0 Å². The monoisotopic (exact) mass is 235 g/mol. The molecule has 2 rings (SSSR count). The second-order valence-corrected chi connectivity index (χ2v) is 4.54. The average molecular weight is 235 g/mol. The molecule has 2 unspecified atom stereocenters. The first-order valence-electron chi connectivity index (χ1n) is 6.15. The summed E-state index contributed by atoms with van der Waals surface area (Å²) in [5, 5.41) is 3.19. The minimum absolute atomic E-state index is 0.300. The molecular formula is C13H21N3O. The van der Waals surface area contributed by atoms with E-state index in [1.165, 1.54) is 5.69 Å². The lowest BCUT2D eigenvalue weighted by Crippen LogP contribution is -2.22. The van der Waals surface area contributed by atoms with Gasteiger partial charge >= 0.3 is 0 Å². The molecule has 0 amide bonds. The molecule has 0 aliphatic carbocycles. The molecule has 0 radical (unpaired) electrons. The first-order valence-corrected chi connectivity index (χ1v) is 6.15. The van der Waals surface area contributed by atoms with Gasteiger partial charge in [-0.05, 0) is 32.5 Å². The van der Waals surface area contributed by atoms with E-state index in [0.717, 1.165) is 25.2 Å². The molecule has 0 saturated carbocycles. The quantitative estimate of drug-likeness (QED) is 0.860. The van der Waals surface area contributed by atoms with E-state index in [2.05, 4.69) is 34.3 Å². The van der Waals surface area contributed by atoms with Crippen LogP contribution in [0, 0.1) is 0 Å². The number of pyridine rings is 1. The highest BCUT2D eigenvalue weighted by molar-refractivity contribution is 5.46. The number of nitrogens with zero attached hydrogens (tertiary/aromatic N) is 2. The number of anilines is 1. The largest absolute Gasteiger partial charge is 0.380 e. The molecule has 2 heterocycles. The standard InChI is InChI=1S/C13H21N3O/c1-10(14-2)13-5-4-11(8-15-13)16-7-6-12(9-16)17-3/h4-5,8,10,12,14H,6-7,9H2,1-3H3. The number of ether oxygens (including phenoxy) is 1. The third kappa shape index (κ3) is 2.76. The van der Waals surface area contributed by atoms with Crippen molar-refractivity contribution in [2.24, 2.45) is 0 Å². The Labute approximate surface area is 103 Å². The fourth-order valence-electron chi connectivity index (χ4n) is 2.14. The van der Waals surface area contributed by atoms with Crippen LogP contribution >= 0.6 is 0 Å². The lowest BCUT2D eigenvalue weighted by atomic mass is 10.2. The Morgan fingerprint density at radius 2 is 2.35 bits per heavy atom. The molecule has 0 aromatic carbocycles. The summed E-state index contributed by atoms with van der Waals surface area (Å²) < 4.78 is 5.37. The van der Waals surface area contributed by atoms with Gasteiger partial charge in [0.05, 0.1) is 23.7 Å². The predicted octanol–water partition coefficient (Wildman–Crippen LogP) is 1.59. The fourth-order valence-corrected chi connectivity index (χ4v) is 2.14. The van der Waals surface area contributed by atoms with Crippen LogP contribution in [0.15, 0.2) is 18.3 Å². The number of rotatable bonds is 4. The molecule has 0 spiro atoms. The van der Waals surface area contributed by atoms with Gasteiger partial charge < -0.3 is 15.0 Å². The van der Waals surface area contributed by atoms with E-state index in [9.17, 15) is 0 Å². The molecule has 1 aromatic heterocycles. The molecule has 1 aliphatic rings. The topological polar surface area (TPSA) is 37.4 Å². The van der Waals surface area contributed by atoms with Crippen molar-refractivity contribution in [3.05, 3.63) is 24.0 Å². The maximum absolute atomic E-state index is 5.37. The summed E-state index contributed by atoms with van der Waals surface area (Å²) in [5.74, 6) is 0. The van der Waals surface area contributed by atoms with Gasteiger partial charge in [0.15, 0.2) is 0 Å². The zero-order valence-electron chi connectivity index (χ0n) is 10.8. The summed E-state index contributed by atoms with van der Waals surface area (Å²) >= 11 is 0. The number of aromatic nitrogens is 1. The number of nitrogens with one attached hydrogen (secondary N) is 1. The third-order valence-electron chi connectivity index (χ3n) is 3.49. The van der Waals surface area contributed by atoms with Crippen LogP contribution in [-0.2, 0) is 4.74 Å². The van der Waals surface area contributed by atoms with Crippen LogP contribution in [0.25, 0.3) is 0 Å². The van der Waals surface area contributed by atoms with E-state index in [1.807, 2.05) is 13.2 Å². The van der Waals surface area contributed by atoms with E-state index in [1.54, 1.807) is 7.11 Å². The van der Waals surface area contributed by atoms with Gasteiger partial charge in [-0.2, -0.15) is 0 Å². The van der Waals surface area contributed by atoms with Crippen molar-refractivity contribution in [2.45, 2.75) is 25.5 Å². The summed E-state index contributed by atoms with van der Waals surface area (Å²) in [6, 6.07) is 4.54. The van der Waals surface area contributed by atoms with Crippen molar-refractivity contribution in [3.63, 3.8) is 0 Å². The molecule has 94 valence electrons. The SMILES string of the molecule is CNC(C)c1ccc(N2CCC(OC)C2)cn1. The van der Waals surface area contributed by atoms with Gasteiger partial charge in [-0.1, -0.05) is 0 Å². The summed E-state index contributed by atoms with van der Waals surface area (Å²) in [6.07, 6.45) is 3.43. The highest BCUT2D eigenvalue weighted by Gasteiger charge is 2.22. The van der Waals surface area contributed by atoms with Gasteiger partial charge in [-0.3, -0.25) is 4.98 Å². The summed E-state index contributed by atoms with van der Waals surface area (Å²) in [7, 11) is 3.73. The van der Waals surface area contributed by atoms with Crippen LogP contribution in [0.1, 0.15) is 25.1 Å². The van der Waals surface area contributed by atoms with Crippen molar-refractivity contribution < 1.29 is 4.74 Å². The molecule has 4 heteroatoms. The molecule has 1 N–H and O–H groups in total. The summed E-state index contributed by atoms with van der Waals surface area (Å²) in [4.78, 5) is 6.83. The average Bonchev–Trinajstić information content (AvgIpc) is 2.87. The zero-order valence-corrected chi connectivity index (χ0v) is 10.8. The van der Waals surface area contributed by atoms with E-state index >= 15 is 0 Å². The van der Waals surface area contributed by atoms with Gasteiger partial charge in [-0.25, -0.2) is 0 Å². The van der Waals surface area contributed by atoms with Gasteiger partial charge in [0.1, 0.15) is 0 Å². The Balaban J connectivity index is 2.03. The molecule has 0 bridgehead atoms. The number of hydrogen-bond donors (Lipinski definition) is 1. The van der Waals surface area contributed by atoms with Crippen LogP contribution in [0.2, 0.25) is 0 Å². The molecule has 1 saturated heterocycles. The highest BCUT2D eigenvalue weighted by atomic mass is 16.5. The van der Waals surface area contributed by atoms with E-state index in [4.69, 9.17) is 4.74 Å². The van der Waals surface area contributed by atoms with Crippen molar-refractivity contribution in [2.75, 3.05) is 32.1 Å². The minimum atomic E-state index is 0.300. The van der Waals surface area contributed by atoms with E-state index in [-0.39, 0.29) is 0 Å². The lowest BCUT2D eigenvalue weighted by Gasteiger charge is -2.19. The molecule has 17 heavy (non-hydrogen) atoms. The third-order valence-corrected chi connectivity index (χ3v) is 3.49. The van der Waals surface area contributed by atoms with Crippen molar-refractivity contribution in [1.29, 1.82) is 0 Å². The number of hydrogen-bond acceptors (Lipinski definition) is 4. The maximum atomic E-state index is 5.37. The first kappa shape index (κ1) is 12.3. The van der Waals surface area contributed by atoms with Crippen molar-refractivity contribution in [1.82, 2.24) is 10.3 Å². The maximum Gasteiger partial charge on any atom is 0.0762 e. The van der Waals surface area contributed by atoms with Crippen LogP contribution in [-0.4, -0.2) is 38.3 Å². The molecular weight excluding hydrogens is 214 g/mol. The zero-order chi connectivity index (χ0) is 12.3. The second-order valence-electron chi connectivity index (χ2n) is 4.54. The number of methoxy groups -OCH3 is 1. The first-order chi connectivity index (χ1) is 8.24. The smallest absolute Gasteiger partial charge is 0.0762 e. The normalized spacial score (nSPS) is 21.8. The second kappa shape index (κ2) is 5.47. The van der Waals surface area contributed by atoms with Crippen LogP contribution in [0.4, 0.5) is 5.69 Å². The summed E-state index contributed by atoms with van der Waals surface area (Å²) in [5.41, 5.74) is 2.27. The molecule has 1 aliphatic heterocycles. The van der Waals surface area contributed by atoms with Crippen LogP contribution < -0.4 is 10.2 Å². The molecule has 1 fully saturated rings. The summed E-state index contributed by atoms with van der Waals surface area (Å²) in [6.45, 7) is 4.14. The molecule has 4 nitrogen and oxygen atoms in total. The highest BCUT2D eigenvalue weighted by Crippen LogP contribution is 2.21. The Hall–Kier alpha value is -1.13. The van der Waals surface area contributed by atoms with Crippen molar-refractivity contribution in [3.8, 4) is 0 Å². The Kier molecular flexibility index (Phi) is 3.97. The predicted molar refractivity (Wildman–Crippen MR) is 69.3 cm³/mol. The Morgan fingerprint density at radius 1 is 1.53 bits per heavy atom. The van der Waals surface area contributed by atoms with E-state index < -0.39 is 0 Å². The fraction of sp³-hybridized carbons (Fsp3) is 0.615. The minimum Gasteiger partial charge on any atom is -0.380 e. The lowest BCUT2D eigenvalue weighted by molar-refractivity contribution is 0.121.